The predicted octanol–water partition coefficient (Wildman–Crippen LogP) is 1.56. The maximum Gasteiger partial charge on any atom is 0.335 e. The Kier molecular flexibility index (Phi) is 2.05. The van der Waals surface area contributed by atoms with Crippen LogP contribution in [0.5, 0.6) is 0 Å². The van der Waals surface area contributed by atoms with E-state index in [1.807, 2.05) is 6.08 Å². The molecule has 0 aromatic heterocycles. The molecule has 1 heterocycles. The zero-order chi connectivity index (χ0) is 7.40. The number of esters is 1. The lowest BCUT2D eigenvalue weighted by Gasteiger charge is -1.99. The van der Waals surface area contributed by atoms with Crippen LogP contribution in [-0.4, -0.2) is 5.97 Å². The van der Waals surface area contributed by atoms with Crippen molar-refractivity contribution < 1.29 is 9.53 Å². The molecule has 0 atom stereocenters. The molecule has 0 unspecified atom stereocenters. The first-order valence-corrected chi connectivity index (χ1v) is 3.02. The number of cyclic esters (lactones) is 1. The van der Waals surface area contributed by atoms with Crippen molar-refractivity contribution in [2.45, 2.75) is 6.92 Å². The summed E-state index contributed by atoms with van der Waals surface area (Å²) in [5.41, 5.74) is 0. The van der Waals surface area contributed by atoms with E-state index in [0.29, 0.717) is 5.76 Å². The van der Waals surface area contributed by atoms with Crippen LogP contribution in [0, 0.1) is 0 Å². The molecule has 0 aromatic carbocycles. The molecule has 1 aliphatic rings. The Bertz CT molecular complexity index is 221. The SMILES string of the molecule is CC1=CC=CC=CC(=O)O1. The highest BCUT2D eigenvalue weighted by atomic mass is 16.5. The fourth-order valence-corrected chi connectivity index (χ4v) is 0.616. The van der Waals surface area contributed by atoms with Gasteiger partial charge in [-0.3, -0.25) is 0 Å². The molecule has 0 aromatic rings. The second-order valence-electron chi connectivity index (χ2n) is 1.94. The molecule has 1 rings (SSSR count). The third kappa shape index (κ3) is 1.90. The van der Waals surface area contributed by atoms with E-state index in [1.54, 1.807) is 25.2 Å². The molecule has 0 N–H and O–H groups in total. The van der Waals surface area contributed by atoms with Crippen LogP contribution < -0.4 is 0 Å². The van der Waals surface area contributed by atoms with Crippen molar-refractivity contribution in [3.8, 4) is 0 Å². The lowest BCUT2D eigenvalue weighted by Crippen LogP contribution is -1.98. The molecule has 0 saturated heterocycles. The number of allylic oxidation sites excluding steroid dienone is 5. The zero-order valence-corrected chi connectivity index (χ0v) is 5.70. The van der Waals surface area contributed by atoms with E-state index in [0.717, 1.165) is 0 Å². The fourth-order valence-electron chi connectivity index (χ4n) is 0.616. The maximum absolute atomic E-state index is 10.7. The Morgan fingerprint density at radius 3 is 2.90 bits per heavy atom. The van der Waals surface area contributed by atoms with Gasteiger partial charge in [0.2, 0.25) is 0 Å². The first kappa shape index (κ1) is 6.81. The zero-order valence-electron chi connectivity index (χ0n) is 5.70. The summed E-state index contributed by atoms with van der Waals surface area (Å²) in [6.07, 6.45) is 8.36. The van der Waals surface area contributed by atoms with Crippen molar-refractivity contribution in [2.75, 3.05) is 0 Å². The summed E-state index contributed by atoms with van der Waals surface area (Å²) in [4.78, 5) is 10.7. The van der Waals surface area contributed by atoms with Crippen LogP contribution in [0.3, 0.4) is 0 Å². The second kappa shape index (κ2) is 3.01. The van der Waals surface area contributed by atoms with Crippen molar-refractivity contribution in [3.05, 3.63) is 36.1 Å². The highest BCUT2D eigenvalue weighted by Gasteiger charge is 1.97. The van der Waals surface area contributed by atoms with E-state index in [-0.39, 0.29) is 5.97 Å². The Morgan fingerprint density at radius 1 is 1.30 bits per heavy atom. The van der Waals surface area contributed by atoms with Gasteiger partial charge in [0.05, 0.1) is 0 Å². The van der Waals surface area contributed by atoms with Crippen molar-refractivity contribution in [1.82, 2.24) is 0 Å². The van der Waals surface area contributed by atoms with E-state index < -0.39 is 0 Å². The molecule has 0 saturated carbocycles. The fraction of sp³-hybridized carbons (Fsp3) is 0.125. The Hall–Kier alpha value is -1.31. The van der Waals surface area contributed by atoms with Gasteiger partial charge in [-0.25, -0.2) is 4.79 Å². The van der Waals surface area contributed by atoms with Gasteiger partial charge in [0, 0.05) is 6.08 Å². The average molecular weight is 136 g/mol. The molecular formula is C8H8O2. The lowest BCUT2D eigenvalue weighted by molar-refractivity contribution is -0.133. The highest BCUT2D eigenvalue weighted by molar-refractivity contribution is 5.83. The molecule has 0 aliphatic carbocycles. The minimum Gasteiger partial charge on any atom is -0.428 e. The lowest BCUT2D eigenvalue weighted by atomic mass is 10.3. The number of ether oxygens (including phenoxy) is 1. The Balaban J connectivity index is 2.79. The molecular weight excluding hydrogens is 128 g/mol. The summed E-state index contributed by atoms with van der Waals surface area (Å²) in [5.74, 6) is 0.295. The normalized spacial score (nSPS) is 17.3. The average Bonchev–Trinajstić information content (AvgIpc) is 1.83. The number of hydrogen-bond donors (Lipinski definition) is 0. The molecule has 0 amide bonds. The minimum absolute atomic E-state index is 0.321. The van der Waals surface area contributed by atoms with E-state index in [2.05, 4.69) is 0 Å². The van der Waals surface area contributed by atoms with Gasteiger partial charge in [-0.05, 0) is 13.0 Å². The van der Waals surface area contributed by atoms with E-state index in [4.69, 9.17) is 4.74 Å². The summed E-state index contributed by atoms with van der Waals surface area (Å²) in [5, 5.41) is 0. The summed E-state index contributed by atoms with van der Waals surface area (Å²) in [6.45, 7) is 1.74. The Morgan fingerprint density at radius 2 is 2.10 bits per heavy atom. The molecule has 10 heavy (non-hydrogen) atoms. The summed E-state index contributed by atoms with van der Waals surface area (Å²) < 4.78 is 4.78. The first-order chi connectivity index (χ1) is 4.79. The number of carbonyl (C=O) groups excluding carboxylic acids is 1. The van der Waals surface area contributed by atoms with Crippen molar-refractivity contribution in [1.29, 1.82) is 0 Å². The molecule has 0 radical (unpaired) electrons. The van der Waals surface area contributed by atoms with Gasteiger partial charge < -0.3 is 4.74 Å². The van der Waals surface area contributed by atoms with Crippen LogP contribution in [0.1, 0.15) is 6.92 Å². The van der Waals surface area contributed by atoms with Gasteiger partial charge in [0.25, 0.3) is 0 Å². The third-order valence-corrected chi connectivity index (χ3v) is 1.05. The van der Waals surface area contributed by atoms with Crippen molar-refractivity contribution in [2.24, 2.45) is 0 Å². The summed E-state index contributed by atoms with van der Waals surface area (Å²) in [7, 11) is 0. The molecule has 52 valence electrons. The van der Waals surface area contributed by atoms with Crippen LogP contribution in [0.15, 0.2) is 36.1 Å². The van der Waals surface area contributed by atoms with Crippen LogP contribution in [-0.2, 0) is 9.53 Å². The topological polar surface area (TPSA) is 26.3 Å². The molecule has 0 spiro atoms. The van der Waals surface area contributed by atoms with Crippen LogP contribution in [0.25, 0.3) is 0 Å². The third-order valence-electron chi connectivity index (χ3n) is 1.05. The number of carbonyl (C=O) groups is 1. The summed E-state index contributed by atoms with van der Waals surface area (Å²) >= 11 is 0. The van der Waals surface area contributed by atoms with E-state index in [9.17, 15) is 4.79 Å². The maximum atomic E-state index is 10.7. The van der Waals surface area contributed by atoms with E-state index in [1.165, 1.54) is 6.08 Å². The number of rotatable bonds is 0. The summed E-state index contributed by atoms with van der Waals surface area (Å²) in [6, 6.07) is 0. The predicted molar refractivity (Wildman–Crippen MR) is 38.1 cm³/mol. The van der Waals surface area contributed by atoms with Gasteiger partial charge in [-0.1, -0.05) is 18.2 Å². The minimum atomic E-state index is -0.321. The number of hydrogen-bond acceptors (Lipinski definition) is 2. The molecule has 0 fully saturated rings. The first-order valence-electron chi connectivity index (χ1n) is 3.02. The van der Waals surface area contributed by atoms with Crippen LogP contribution in [0.4, 0.5) is 0 Å². The smallest absolute Gasteiger partial charge is 0.335 e. The van der Waals surface area contributed by atoms with Gasteiger partial charge in [-0.15, -0.1) is 0 Å². The van der Waals surface area contributed by atoms with Gasteiger partial charge in [0.15, 0.2) is 0 Å². The van der Waals surface area contributed by atoms with Crippen LogP contribution >= 0.6 is 0 Å². The van der Waals surface area contributed by atoms with E-state index >= 15 is 0 Å². The monoisotopic (exact) mass is 136 g/mol. The van der Waals surface area contributed by atoms with Gasteiger partial charge in [0.1, 0.15) is 5.76 Å². The largest absolute Gasteiger partial charge is 0.428 e. The van der Waals surface area contributed by atoms with Crippen molar-refractivity contribution >= 4 is 5.97 Å². The molecule has 1 aliphatic heterocycles. The molecule has 0 bridgehead atoms. The van der Waals surface area contributed by atoms with Gasteiger partial charge in [-0.2, -0.15) is 0 Å². The quantitative estimate of drug-likeness (QED) is 0.472. The van der Waals surface area contributed by atoms with Gasteiger partial charge >= 0.3 is 5.97 Å². The Labute approximate surface area is 59.5 Å². The van der Waals surface area contributed by atoms with Crippen molar-refractivity contribution in [3.63, 3.8) is 0 Å². The van der Waals surface area contributed by atoms with Crippen LogP contribution in [0.2, 0.25) is 0 Å². The second-order valence-corrected chi connectivity index (χ2v) is 1.94. The molecule has 2 heteroatoms. The standard InChI is InChI=1S/C8H8O2/c1-7-5-3-2-4-6-8(9)10-7/h2-6H,1H3. The molecule has 2 nitrogen and oxygen atoms in total. The highest BCUT2D eigenvalue weighted by Crippen LogP contribution is 2.00.